The number of thioether (sulfide) groups is 1. The standard InChI is InChI=1S/C17H19NO2S/c1-14-7-9-16(10-8-14)21-12-11-18(13-17(19)20)15-5-3-2-4-6-15/h2-10H,11-13H2,1H3,(H,19,20). The average Bonchev–Trinajstić information content (AvgIpc) is 2.49. The summed E-state index contributed by atoms with van der Waals surface area (Å²) in [6, 6.07) is 18.1. The summed E-state index contributed by atoms with van der Waals surface area (Å²) in [7, 11) is 0. The summed E-state index contributed by atoms with van der Waals surface area (Å²) in [5, 5.41) is 9.04. The van der Waals surface area contributed by atoms with E-state index in [0.717, 1.165) is 11.4 Å². The number of hydrogen-bond acceptors (Lipinski definition) is 3. The van der Waals surface area contributed by atoms with Gasteiger partial charge in [0.05, 0.1) is 0 Å². The second-order valence-corrected chi connectivity index (χ2v) is 5.98. The van der Waals surface area contributed by atoms with Gasteiger partial charge in [-0.1, -0.05) is 35.9 Å². The van der Waals surface area contributed by atoms with E-state index in [1.54, 1.807) is 11.8 Å². The number of hydrogen-bond donors (Lipinski definition) is 1. The summed E-state index contributed by atoms with van der Waals surface area (Å²) in [6.45, 7) is 2.80. The van der Waals surface area contributed by atoms with Crippen LogP contribution in [0.1, 0.15) is 5.56 Å². The molecule has 0 aromatic heterocycles. The lowest BCUT2D eigenvalue weighted by Crippen LogP contribution is -2.31. The number of aryl methyl sites for hydroxylation is 1. The summed E-state index contributed by atoms with van der Waals surface area (Å²) in [6.07, 6.45) is 0. The molecule has 4 heteroatoms. The van der Waals surface area contributed by atoms with Crippen molar-refractivity contribution in [2.24, 2.45) is 0 Å². The third-order valence-corrected chi connectivity index (χ3v) is 4.09. The number of benzene rings is 2. The zero-order valence-electron chi connectivity index (χ0n) is 12.0. The third kappa shape index (κ3) is 5.16. The van der Waals surface area contributed by atoms with E-state index in [4.69, 9.17) is 5.11 Å². The number of carbonyl (C=O) groups is 1. The Kier molecular flexibility index (Phi) is 5.69. The highest BCUT2D eigenvalue weighted by Crippen LogP contribution is 2.20. The van der Waals surface area contributed by atoms with Gasteiger partial charge in [-0.15, -0.1) is 11.8 Å². The molecule has 2 rings (SSSR count). The molecule has 2 aromatic rings. The molecule has 0 aliphatic heterocycles. The van der Waals surface area contributed by atoms with Crippen LogP contribution in [0.3, 0.4) is 0 Å². The Hall–Kier alpha value is -1.94. The van der Waals surface area contributed by atoms with Crippen LogP contribution in [0.25, 0.3) is 0 Å². The molecule has 0 saturated carbocycles. The van der Waals surface area contributed by atoms with Crippen LogP contribution in [-0.4, -0.2) is 29.9 Å². The molecule has 1 N–H and O–H groups in total. The van der Waals surface area contributed by atoms with Gasteiger partial charge in [0.25, 0.3) is 0 Å². The van der Waals surface area contributed by atoms with Crippen molar-refractivity contribution in [2.75, 3.05) is 23.7 Å². The minimum Gasteiger partial charge on any atom is -0.480 e. The van der Waals surface area contributed by atoms with E-state index in [2.05, 4.69) is 31.2 Å². The predicted molar refractivity (Wildman–Crippen MR) is 88.2 cm³/mol. The second-order valence-electron chi connectivity index (χ2n) is 4.81. The quantitative estimate of drug-likeness (QED) is 0.792. The number of carboxylic acid groups (broad SMARTS) is 1. The molecule has 0 amide bonds. The Labute approximate surface area is 129 Å². The zero-order chi connectivity index (χ0) is 15.1. The van der Waals surface area contributed by atoms with Crippen LogP contribution in [0.15, 0.2) is 59.5 Å². The first kappa shape index (κ1) is 15.4. The van der Waals surface area contributed by atoms with Crippen molar-refractivity contribution in [3.05, 3.63) is 60.2 Å². The molecule has 21 heavy (non-hydrogen) atoms. The highest BCUT2D eigenvalue weighted by molar-refractivity contribution is 7.99. The van der Waals surface area contributed by atoms with E-state index in [1.165, 1.54) is 10.5 Å². The summed E-state index contributed by atoms with van der Waals surface area (Å²) in [5.74, 6) is 0.0461. The Morgan fingerprint density at radius 2 is 1.76 bits per heavy atom. The molecule has 2 aromatic carbocycles. The van der Waals surface area contributed by atoms with Crippen molar-refractivity contribution < 1.29 is 9.90 Å². The summed E-state index contributed by atoms with van der Waals surface area (Å²) >= 11 is 1.74. The topological polar surface area (TPSA) is 40.5 Å². The number of carboxylic acids is 1. The Balaban J connectivity index is 1.93. The molecule has 0 bridgehead atoms. The predicted octanol–water partition coefficient (Wildman–Crippen LogP) is 3.68. The number of nitrogens with zero attached hydrogens (tertiary/aromatic N) is 1. The van der Waals surface area contributed by atoms with Crippen molar-refractivity contribution in [3.63, 3.8) is 0 Å². The highest BCUT2D eigenvalue weighted by atomic mass is 32.2. The van der Waals surface area contributed by atoms with Gasteiger partial charge in [-0.05, 0) is 31.2 Å². The molecule has 0 radical (unpaired) electrons. The van der Waals surface area contributed by atoms with E-state index in [9.17, 15) is 4.79 Å². The Bertz CT molecular complexity index is 569. The fourth-order valence-corrected chi connectivity index (χ4v) is 2.89. The monoisotopic (exact) mass is 301 g/mol. The van der Waals surface area contributed by atoms with E-state index in [-0.39, 0.29) is 6.54 Å². The number of anilines is 1. The van der Waals surface area contributed by atoms with E-state index in [0.29, 0.717) is 6.54 Å². The fraction of sp³-hybridized carbons (Fsp3) is 0.235. The molecule has 0 saturated heterocycles. The van der Waals surface area contributed by atoms with Crippen LogP contribution in [0.2, 0.25) is 0 Å². The van der Waals surface area contributed by atoms with Crippen LogP contribution in [-0.2, 0) is 4.79 Å². The van der Waals surface area contributed by atoms with Gasteiger partial charge in [0.2, 0.25) is 0 Å². The smallest absolute Gasteiger partial charge is 0.323 e. The van der Waals surface area contributed by atoms with Crippen molar-refractivity contribution in [1.29, 1.82) is 0 Å². The highest BCUT2D eigenvalue weighted by Gasteiger charge is 2.10. The molecule has 0 aliphatic rings. The molecule has 0 heterocycles. The maximum Gasteiger partial charge on any atom is 0.323 e. The van der Waals surface area contributed by atoms with Gasteiger partial charge in [0.1, 0.15) is 6.54 Å². The second kappa shape index (κ2) is 7.74. The maximum absolute atomic E-state index is 11.0. The zero-order valence-corrected chi connectivity index (χ0v) is 12.8. The van der Waals surface area contributed by atoms with Crippen molar-refractivity contribution in [3.8, 4) is 0 Å². The van der Waals surface area contributed by atoms with Crippen molar-refractivity contribution in [1.82, 2.24) is 0 Å². The van der Waals surface area contributed by atoms with E-state index < -0.39 is 5.97 Å². The Morgan fingerprint density at radius 1 is 1.10 bits per heavy atom. The van der Waals surface area contributed by atoms with Gasteiger partial charge in [-0.2, -0.15) is 0 Å². The van der Waals surface area contributed by atoms with Crippen LogP contribution in [0.4, 0.5) is 5.69 Å². The molecular weight excluding hydrogens is 282 g/mol. The summed E-state index contributed by atoms with van der Waals surface area (Å²) in [4.78, 5) is 14.1. The molecule has 110 valence electrons. The van der Waals surface area contributed by atoms with E-state index in [1.807, 2.05) is 35.2 Å². The van der Waals surface area contributed by atoms with Gasteiger partial charge in [-0.3, -0.25) is 4.79 Å². The lowest BCUT2D eigenvalue weighted by atomic mass is 10.2. The fourth-order valence-electron chi connectivity index (χ4n) is 2.01. The van der Waals surface area contributed by atoms with Crippen molar-refractivity contribution >= 4 is 23.4 Å². The minimum absolute atomic E-state index is 0.0263. The maximum atomic E-state index is 11.0. The van der Waals surface area contributed by atoms with Crippen molar-refractivity contribution in [2.45, 2.75) is 11.8 Å². The number of rotatable bonds is 7. The average molecular weight is 301 g/mol. The van der Waals surface area contributed by atoms with Crippen LogP contribution in [0, 0.1) is 6.92 Å². The SMILES string of the molecule is Cc1ccc(SCCN(CC(=O)O)c2ccccc2)cc1. The summed E-state index contributed by atoms with van der Waals surface area (Å²) in [5.41, 5.74) is 2.19. The molecule has 0 aliphatic carbocycles. The molecular formula is C17H19NO2S. The first-order valence-corrected chi connectivity index (χ1v) is 7.85. The van der Waals surface area contributed by atoms with Crippen LogP contribution < -0.4 is 4.90 Å². The number of aliphatic carboxylic acids is 1. The summed E-state index contributed by atoms with van der Waals surface area (Å²) < 4.78 is 0. The van der Waals surface area contributed by atoms with Crippen LogP contribution in [0.5, 0.6) is 0 Å². The lowest BCUT2D eigenvalue weighted by Gasteiger charge is -2.22. The molecule has 0 fully saturated rings. The third-order valence-electron chi connectivity index (χ3n) is 3.10. The lowest BCUT2D eigenvalue weighted by molar-refractivity contribution is -0.135. The minimum atomic E-state index is -0.806. The normalized spacial score (nSPS) is 10.3. The first-order chi connectivity index (χ1) is 10.1. The molecule has 0 atom stereocenters. The molecule has 0 unspecified atom stereocenters. The van der Waals surface area contributed by atoms with Crippen LogP contribution >= 0.6 is 11.8 Å². The first-order valence-electron chi connectivity index (χ1n) is 6.86. The number of para-hydroxylation sites is 1. The largest absolute Gasteiger partial charge is 0.480 e. The molecule has 0 spiro atoms. The van der Waals surface area contributed by atoms with Gasteiger partial charge in [0, 0.05) is 22.9 Å². The van der Waals surface area contributed by atoms with Gasteiger partial charge >= 0.3 is 5.97 Å². The molecule has 3 nitrogen and oxygen atoms in total. The van der Waals surface area contributed by atoms with Gasteiger partial charge in [0.15, 0.2) is 0 Å². The van der Waals surface area contributed by atoms with E-state index >= 15 is 0 Å². The van der Waals surface area contributed by atoms with Gasteiger partial charge in [-0.25, -0.2) is 0 Å². The van der Waals surface area contributed by atoms with Gasteiger partial charge < -0.3 is 10.0 Å². The Morgan fingerprint density at radius 3 is 2.38 bits per heavy atom.